The fraction of sp³-hybridized carbons (Fsp3) is 0.444. The Hall–Kier alpha value is -2.62. The van der Waals surface area contributed by atoms with Gasteiger partial charge in [-0.1, -0.05) is 13.3 Å². The molecule has 1 aliphatic heterocycles. The van der Waals surface area contributed by atoms with E-state index in [0.29, 0.717) is 23.2 Å². The number of methoxy groups -OCH3 is 1. The molecule has 0 radical (unpaired) electrons. The zero-order chi connectivity index (χ0) is 20.4. The quantitative estimate of drug-likeness (QED) is 0.492. The number of amides is 2. The molecule has 0 N–H and O–H groups in total. The molecular weight excluding hydrogens is 432 g/mol. The molecular formula is C18H21BrN4O5. The number of hydrogen-bond acceptors (Lipinski definition) is 6. The molecule has 2 amide bonds. The number of hydrogen-bond donors (Lipinski definition) is 0. The van der Waals surface area contributed by atoms with Crippen LogP contribution in [0.15, 0.2) is 21.5 Å². The molecule has 9 nitrogen and oxygen atoms in total. The number of urea groups is 1. The number of rotatable bonds is 6. The molecule has 1 aliphatic rings. The van der Waals surface area contributed by atoms with E-state index in [1.165, 1.54) is 22.6 Å². The van der Waals surface area contributed by atoms with Crippen molar-refractivity contribution in [2.45, 2.75) is 19.8 Å². The molecule has 0 atom stereocenters. The molecule has 0 aromatic carbocycles. The summed E-state index contributed by atoms with van der Waals surface area (Å²) in [4.78, 5) is 45.3. The van der Waals surface area contributed by atoms with E-state index in [1.807, 2.05) is 6.92 Å². The number of carbonyl (C=O) groups excluding carboxylic acids is 2. The molecule has 10 heteroatoms. The molecule has 0 unspecified atom stereocenters. The summed E-state index contributed by atoms with van der Waals surface area (Å²) in [6, 6.07) is 1.48. The van der Waals surface area contributed by atoms with Gasteiger partial charge in [-0.05, 0) is 28.4 Å². The van der Waals surface area contributed by atoms with Gasteiger partial charge in [0.05, 0.1) is 19.4 Å². The van der Waals surface area contributed by atoms with Gasteiger partial charge in [0.2, 0.25) is 5.75 Å². The molecule has 0 saturated carbocycles. The Morgan fingerprint density at radius 3 is 2.68 bits per heavy atom. The van der Waals surface area contributed by atoms with E-state index in [9.17, 15) is 14.4 Å². The lowest BCUT2D eigenvalue weighted by Gasteiger charge is -2.19. The Bertz CT molecular complexity index is 990. The summed E-state index contributed by atoms with van der Waals surface area (Å²) in [6.07, 6.45) is 3.13. The summed E-state index contributed by atoms with van der Waals surface area (Å²) in [5.41, 5.74) is -0.137. The third kappa shape index (κ3) is 3.56. The minimum absolute atomic E-state index is 0.160. The van der Waals surface area contributed by atoms with Gasteiger partial charge in [-0.3, -0.25) is 14.1 Å². The minimum Gasteiger partial charge on any atom is -0.486 e. The number of halogens is 1. The van der Waals surface area contributed by atoms with Crippen LogP contribution in [0.4, 0.5) is 10.5 Å². The molecule has 150 valence electrons. The van der Waals surface area contributed by atoms with Gasteiger partial charge in [-0.15, -0.1) is 0 Å². The van der Waals surface area contributed by atoms with Gasteiger partial charge in [-0.2, -0.15) is 0 Å². The number of esters is 1. The summed E-state index contributed by atoms with van der Waals surface area (Å²) < 4.78 is 12.2. The van der Waals surface area contributed by atoms with Crippen LogP contribution in [-0.2, 0) is 4.74 Å². The lowest BCUT2D eigenvalue weighted by atomic mass is 10.3. The number of carbonyl (C=O) groups is 2. The lowest BCUT2D eigenvalue weighted by Crippen LogP contribution is -2.31. The average Bonchev–Trinajstić information content (AvgIpc) is 3.01. The molecule has 1 saturated heterocycles. The molecule has 0 aliphatic carbocycles. The van der Waals surface area contributed by atoms with Crippen molar-refractivity contribution in [1.82, 2.24) is 14.3 Å². The second-order valence-corrected chi connectivity index (χ2v) is 7.30. The first-order valence-corrected chi connectivity index (χ1v) is 9.68. The van der Waals surface area contributed by atoms with Crippen LogP contribution in [0.5, 0.6) is 5.75 Å². The fourth-order valence-corrected chi connectivity index (χ4v) is 3.35. The van der Waals surface area contributed by atoms with Crippen LogP contribution in [0.1, 0.15) is 30.3 Å². The predicted molar refractivity (Wildman–Crippen MR) is 106 cm³/mol. The molecule has 3 heterocycles. The van der Waals surface area contributed by atoms with Gasteiger partial charge in [0.1, 0.15) is 0 Å². The maximum Gasteiger partial charge on any atom is 0.360 e. The molecule has 28 heavy (non-hydrogen) atoms. The highest BCUT2D eigenvalue weighted by Crippen LogP contribution is 2.28. The first-order valence-electron chi connectivity index (χ1n) is 8.88. The third-order valence-electron chi connectivity index (χ3n) is 4.46. The number of nitrogens with zero attached hydrogens (tertiary/aromatic N) is 4. The first kappa shape index (κ1) is 20.1. The molecule has 2 aromatic heterocycles. The minimum atomic E-state index is -0.773. The number of ether oxygens (including phenoxy) is 2. The van der Waals surface area contributed by atoms with Crippen LogP contribution >= 0.6 is 15.9 Å². The normalized spacial score (nSPS) is 14.1. The molecule has 0 spiro atoms. The zero-order valence-corrected chi connectivity index (χ0v) is 17.5. The highest BCUT2D eigenvalue weighted by molar-refractivity contribution is 9.10. The Morgan fingerprint density at radius 2 is 2.07 bits per heavy atom. The van der Waals surface area contributed by atoms with E-state index in [4.69, 9.17) is 9.47 Å². The average molecular weight is 453 g/mol. The number of aromatic nitrogens is 2. The fourth-order valence-electron chi connectivity index (χ4n) is 2.93. The van der Waals surface area contributed by atoms with E-state index in [0.717, 1.165) is 12.8 Å². The Labute approximate surface area is 170 Å². The number of unbranched alkanes of at least 4 members (excludes halogenated alkanes) is 1. The van der Waals surface area contributed by atoms with Crippen molar-refractivity contribution in [2.75, 3.05) is 38.8 Å². The van der Waals surface area contributed by atoms with Gasteiger partial charge in [0.25, 0.3) is 0 Å². The van der Waals surface area contributed by atoms with Gasteiger partial charge >= 0.3 is 17.6 Å². The van der Waals surface area contributed by atoms with Gasteiger partial charge < -0.3 is 14.4 Å². The summed E-state index contributed by atoms with van der Waals surface area (Å²) in [7, 11) is 2.91. The number of likely N-dealkylation sites (N-methyl/N-ethyl adjacent to an activating group) is 1. The van der Waals surface area contributed by atoms with Gasteiger partial charge in [-0.25, -0.2) is 14.6 Å². The summed E-state index contributed by atoms with van der Waals surface area (Å²) in [5.74, 6) is -0.934. The Morgan fingerprint density at radius 1 is 1.32 bits per heavy atom. The zero-order valence-electron chi connectivity index (χ0n) is 15.9. The molecule has 2 aromatic rings. The standard InChI is InChI=1S/C18H21BrN4O5/c1-4-5-8-28-14-13(17(25)27-3)20-15-12(22-7-6-21(2)18(22)26)9-11(19)10-23(15)16(14)24/h9-10H,4-8H2,1-3H3. The van der Waals surface area contributed by atoms with Crippen molar-refractivity contribution in [1.29, 1.82) is 0 Å². The van der Waals surface area contributed by atoms with Crippen molar-refractivity contribution in [2.24, 2.45) is 0 Å². The topological polar surface area (TPSA) is 93.4 Å². The van der Waals surface area contributed by atoms with E-state index in [2.05, 4.69) is 20.9 Å². The van der Waals surface area contributed by atoms with Crippen LogP contribution in [0, 0.1) is 0 Å². The van der Waals surface area contributed by atoms with Crippen molar-refractivity contribution in [3.63, 3.8) is 0 Å². The summed E-state index contributed by atoms with van der Waals surface area (Å²) in [6.45, 7) is 3.26. The third-order valence-corrected chi connectivity index (χ3v) is 4.89. The van der Waals surface area contributed by atoms with E-state index in [-0.39, 0.29) is 29.7 Å². The van der Waals surface area contributed by atoms with Crippen molar-refractivity contribution in [3.05, 3.63) is 32.8 Å². The maximum absolute atomic E-state index is 13.1. The van der Waals surface area contributed by atoms with Crippen LogP contribution in [0.3, 0.4) is 0 Å². The van der Waals surface area contributed by atoms with Gasteiger partial charge in [0.15, 0.2) is 11.3 Å². The predicted octanol–water partition coefficient (Wildman–Crippen LogP) is 2.29. The molecule has 1 fully saturated rings. The summed E-state index contributed by atoms with van der Waals surface area (Å²) in [5, 5.41) is 0. The van der Waals surface area contributed by atoms with Crippen molar-refractivity contribution < 1.29 is 19.1 Å². The van der Waals surface area contributed by atoms with Gasteiger partial charge in [0, 0.05) is 30.8 Å². The largest absolute Gasteiger partial charge is 0.486 e. The van der Waals surface area contributed by atoms with E-state index in [1.54, 1.807) is 18.0 Å². The van der Waals surface area contributed by atoms with Crippen LogP contribution in [0.25, 0.3) is 5.65 Å². The van der Waals surface area contributed by atoms with Crippen molar-refractivity contribution >= 4 is 39.3 Å². The highest BCUT2D eigenvalue weighted by Gasteiger charge is 2.30. The number of pyridine rings is 1. The maximum atomic E-state index is 13.1. The van der Waals surface area contributed by atoms with Crippen LogP contribution in [-0.4, -0.2) is 60.1 Å². The number of fused-ring (bicyclic) bond motifs is 1. The molecule has 0 bridgehead atoms. The summed E-state index contributed by atoms with van der Waals surface area (Å²) >= 11 is 3.38. The van der Waals surface area contributed by atoms with Crippen LogP contribution in [0.2, 0.25) is 0 Å². The van der Waals surface area contributed by atoms with E-state index >= 15 is 0 Å². The van der Waals surface area contributed by atoms with E-state index < -0.39 is 11.5 Å². The highest BCUT2D eigenvalue weighted by atomic mass is 79.9. The second kappa shape index (κ2) is 8.17. The smallest absolute Gasteiger partial charge is 0.360 e. The number of anilines is 1. The molecule has 3 rings (SSSR count). The second-order valence-electron chi connectivity index (χ2n) is 6.38. The van der Waals surface area contributed by atoms with Crippen LogP contribution < -0.4 is 15.2 Å². The Kier molecular flexibility index (Phi) is 5.87. The lowest BCUT2D eigenvalue weighted by molar-refractivity contribution is 0.0588. The first-order chi connectivity index (χ1) is 13.4. The van der Waals surface area contributed by atoms with Crippen molar-refractivity contribution in [3.8, 4) is 5.75 Å². The monoisotopic (exact) mass is 452 g/mol. The SMILES string of the molecule is CCCCOc1c(C(=O)OC)nc2c(N3CCN(C)C3=O)cc(Br)cn2c1=O. The Balaban J connectivity index is 2.25.